The summed E-state index contributed by atoms with van der Waals surface area (Å²) in [5, 5.41) is 13.5. The summed E-state index contributed by atoms with van der Waals surface area (Å²) in [7, 11) is 0. The Morgan fingerprint density at radius 3 is 2.58 bits per heavy atom. The molecule has 1 heterocycles. The number of ether oxygens (including phenoxy) is 1. The van der Waals surface area contributed by atoms with Gasteiger partial charge in [0.2, 0.25) is 0 Å². The van der Waals surface area contributed by atoms with Crippen molar-refractivity contribution in [2.75, 3.05) is 11.9 Å². The Balaban J connectivity index is 1.33. The molecule has 0 radical (unpaired) electrons. The van der Waals surface area contributed by atoms with Crippen LogP contribution < -0.4 is 16.2 Å². The quantitative estimate of drug-likeness (QED) is 0.524. The second-order valence-electron chi connectivity index (χ2n) is 7.78. The van der Waals surface area contributed by atoms with E-state index in [0.717, 1.165) is 30.4 Å². The first-order valence-electron chi connectivity index (χ1n) is 10.7. The van der Waals surface area contributed by atoms with Crippen LogP contribution in [0.3, 0.4) is 0 Å². The second-order valence-corrected chi connectivity index (χ2v) is 7.78. The third kappa shape index (κ3) is 5.40. The molecule has 2 N–H and O–H groups in total. The monoisotopic (exact) mass is 449 g/mol. The van der Waals surface area contributed by atoms with Crippen LogP contribution >= 0.6 is 0 Å². The van der Waals surface area contributed by atoms with Crippen LogP contribution in [0.4, 0.5) is 5.69 Å². The summed E-state index contributed by atoms with van der Waals surface area (Å²) in [5.74, 6) is -1.69. The van der Waals surface area contributed by atoms with Crippen LogP contribution in [0.2, 0.25) is 0 Å². The highest BCUT2D eigenvalue weighted by molar-refractivity contribution is 6.04. The number of anilines is 1. The van der Waals surface area contributed by atoms with E-state index in [1.54, 1.807) is 48.5 Å². The van der Waals surface area contributed by atoms with Gasteiger partial charge in [0.05, 0.1) is 16.6 Å². The van der Waals surface area contributed by atoms with E-state index in [0.29, 0.717) is 22.2 Å². The minimum Gasteiger partial charge on any atom is -0.454 e. The van der Waals surface area contributed by atoms with E-state index in [4.69, 9.17) is 4.74 Å². The Labute approximate surface area is 188 Å². The van der Waals surface area contributed by atoms with Gasteiger partial charge in [-0.3, -0.25) is 19.2 Å². The highest BCUT2D eigenvalue weighted by Crippen LogP contribution is 2.20. The van der Waals surface area contributed by atoms with E-state index in [1.165, 1.54) is 0 Å². The first kappa shape index (κ1) is 22.1. The van der Waals surface area contributed by atoms with Gasteiger partial charge in [-0.05, 0) is 37.1 Å². The molecule has 2 amide bonds. The van der Waals surface area contributed by atoms with Gasteiger partial charge in [-0.1, -0.05) is 42.3 Å². The molecule has 170 valence electrons. The first-order chi connectivity index (χ1) is 16.0. The van der Waals surface area contributed by atoms with E-state index in [9.17, 15) is 19.2 Å². The lowest BCUT2D eigenvalue weighted by Gasteiger charge is -2.15. The van der Waals surface area contributed by atoms with Crippen molar-refractivity contribution in [3.63, 3.8) is 0 Å². The zero-order valence-corrected chi connectivity index (χ0v) is 17.8. The summed E-state index contributed by atoms with van der Waals surface area (Å²) in [6, 6.07) is 13.4. The highest BCUT2D eigenvalue weighted by atomic mass is 16.5. The second kappa shape index (κ2) is 10.0. The molecule has 1 aliphatic rings. The zero-order valence-electron chi connectivity index (χ0n) is 17.8. The summed E-state index contributed by atoms with van der Waals surface area (Å²) in [5.41, 5.74) is 0.596. The molecule has 3 aromatic rings. The minimum absolute atomic E-state index is 0.142. The number of para-hydroxylation sites is 1. The molecule has 1 fully saturated rings. The lowest BCUT2D eigenvalue weighted by molar-refractivity contribution is -0.148. The summed E-state index contributed by atoms with van der Waals surface area (Å²) in [6.45, 7) is -1.06. The number of hydrogen-bond acceptors (Lipinski definition) is 7. The zero-order chi connectivity index (χ0) is 23.2. The number of benzene rings is 2. The molecule has 0 atom stereocenters. The van der Waals surface area contributed by atoms with Crippen molar-refractivity contribution in [1.82, 2.24) is 20.3 Å². The lowest BCUT2D eigenvalue weighted by atomic mass is 10.1. The smallest absolute Gasteiger partial charge is 0.328 e. The van der Waals surface area contributed by atoms with Crippen LogP contribution in [0.5, 0.6) is 0 Å². The van der Waals surface area contributed by atoms with Gasteiger partial charge in [-0.15, -0.1) is 5.10 Å². The van der Waals surface area contributed by atoms with Crippen molar-refractivity contribution >= 4 is 34.4 Å². The predicted molar refractivity (Wildman–Crippen MR) is 120 cm³/mol. The Hall–Kier alpha value is -4.08. The molecule has 33 heavy (non-hydrogen) atoms. The van der Waals surface area contributed by atoms with E-state index >= 15 is 0 Å². The van der Waals surface area contributed by atoms with Crippen LogP contribution in [0, 0.1) is 0 Å². The van der Waals surface area contributed by atoms with Gasteiger partial charge in [0.25, 0.3) is 17.4 Å². The third-order valence-electron chi connectivity index (χ3n) is 5.41. The highest BCUT2D eigenvalue weighted by Gasteiger charge is 2.20. The molecule has 1 saturated carbocycles. The van der Waals surface area contributed by atoms with E-state index in [-0.39, 0.29) is 11.9 Å². The number of amides is 2. The molecule has 0 spiro atoms. The molecule has 4 rings (SSSR count). The van der Waals surface area contributed by atoms with E-state index in [2.05, 4.69) is 20.9 Å². The third-order valence-corrected chi connectivity index (χ3v) is 5.41. The topological polar surface area (TPSA) is 132 Å². The van der Waals surface area contributed by atoms with E-state index < -0.39 is 30.6 Å². The molecule has 10 heteroatoms. The van der Waals surface area contributed by atoms with Crippen molar-refractivity contribution < 1.29 is 19.1 Å². The molecule has 10 nitrogen and oxygen atoms in total. The predicted octanol–water partition coefficient (Wildman–Crippen LogP) is 1.65. The van der Waals surface area contributed by atoms with Crippen molar-refractivity contribution in [2.45, 2.75) is 38.3 Å². The van der Waals surface area contributed by atoms with Crippen LogP contribution in [0.15, 0.2) is 53.3 Å². The Morgan fingerprint density at radius 1 is 1.03 bits per heavy atom. The fourth-order valence-corrected chi connectivity index (χ4v) is 3.75. The molecule has 0 aliphatic heterocycles. The van der Waals surface area contributed by atoms with Crippen molar-refractivity contribution in [3.8, 4) is 0 Å². The van der Waals surface area contributed by atoms with Crippen LogP contribution in [0.25, 0.3) is 10.9 Å². The van der Waals surface area contributed by atoms with Gasteiger partial charge in [0, 0.05) is 6.04 Å². The average Bonchev–Trinajstić information content (AvgIpc) is 3.33. The van der Waals surface area contributed by atoms with Gasteiger partial charge in [-0.25, -0.2) is 0 Å². The maximum absolute atomic E-state index is 12.6. The number of fused-ring (bicyclic) bond motifs is 1. The van der Waals surface area contributed by atoms with Crippen molar-refractivity contribution in [3.05, 3.63) is 64.4 Å². The van der Waals surface area contributed by atoms with Gasteiger partial charge in [-0.2, -0.15) is 4.68 Å². The normalized spacial score (nSPS) is 13.6. The van der Waals surface area contributed by atoms with Crippen molar-refractivity contribution in [1.29, 1.82) is 0 Å². The molecule has 1 aliphatic carbocycles. The summed E-state index contributed by atoms with van der Waals surface area (Å²) < 4.78 is 5.86. The number of esters is 1. The number of nitrogens with zero attached hydrogens (tertiary/aromatic N) is 3. The number of aromatic nitrogens is 3. The van der Waals surface area contributed by atoms with Gasteiger partial charge in [0.15, 0.2) is 6.61 Å². The number of carbonyl (C=O) groups is 3. The SMILES string of the molecule is O=C(COC(=O)Cn1nnc2ccccc2c1=O)Nc1ccccc1C(=O)NC1CCCC1. The van der Waals surface area contributed by atoms with E-state index in [1.807, 2.05) is 0 Å². The molecule has 0 unspecified atom stereocenters. The van der Waals surface area contributed by atoms with Crippen molar-refractivity contribution in [2.24, 2.45) is 0 Å². The summed E-state index contributed by atoms with van der Waals surface area (Å²) in [4.78, 5) is 49.5. The maximum atomic E-state index is 12.6. The Bertz CT molecular complexity index is 1250. The molecular weight excluding hydrogens is 426 g/mol. The summed E-state index contributed by atoms with van der Waals surface area (Å²) >= 11 is 0. The van der Waals surface area contributed by atoms with Crippen LogP contribution in [-0.2, 0) is 20.9 Å². The Morgan fingerprint density at radius 2 is 1.76 bits per heavy atom. The molecule has 0 saturated heterocycles. The fraction of sp³-hybridized carbons (Fsp3) is 0.304. The minimum atomic E-state index is -0.816. The first-order valence-corrected chi connectivity index (χ1v) is 10.7. The van der Waals surface area contributed by atoms with Crippen LogP contribution in [-0.4, -0.2) is 45.4 Å². The number of carbonyl (C=O) groups excluding carboxylic acids is 3. The number of nitrogens with one attached hydrogen (secondary N) is 2. The number of hydrogen-bond donors (Lipinski definition) is 2. The average molecular weight is 449 g/mol. The fourth-order valence-electron chi connectivity index (χ4n) is 3.75. The lowest BCUT2D eigenvalue weighted by Crippen LogP contribution is -2.33. The molecule has 2 aromatic carbocycles. The van der Waals surface area contributed by atoms with Gasteiger partial charge >= 0.3 is 5.97 Å². The van der Waals surface area contributed by atoms with Crippen LogP contribution in [0.1, 0.15) is 36.0 Å². The maximum Gasteiger partial charge on any atom is 0.328 e. The number of rotatable bonds is 7. The molecular formula is C23H23N5O5. The molecule has 0 bridgehead atoms. The van der Waals surface area contributed by atoms with Gasteiger partial charge < -0.3 is 15.4 Å². The molecule has 1 aromatic heterocycles. The Kier molecular flexibility index (Phi) is 6.72. The summed E-state index contributed by atoms with van der Waals surface area (Å²) in [6.07, 6.45) is 4.07. The van der Waals surface area contributed by atoms with Gasteiger partial charge in [0.1, 0.15) is 12.1 Å². The largest absolute Gasteiger partial charge is 0.454 e. The standard InChI is InChI=1S/C23H23N5O5/c29-20(25-18-11-5-3-9-16(18)22(31)24-15-7-1-2-8-15)14-33-21(30)13-28-23(32)17-10-4-6-12-19(17)26-27-28/h3-6,9-12,15H,1-2,7-8,13-14H2,(H,24,31)(H,25,29).